The Morgan fingerprint density at radius 1 is 1.33 bits per heavy atom. The lowest BCUT2D eigenvalue weighted by Crippen LogP contribution is -2.24. The molecule has 0 aliphatic heterocycles. The van der Waals surface area contributed by atoms with Crippen LogP contribution in [-0.2, 0) is 0 Å². The average Bonchev–Trinajstić information content (AvgIpc) is 2.74. The number of halogens is 1. The SMILES string of the molecule is CC(NC1CC1(C)C)c1ccc(I)cc1. The van der Waals surface area contributed by atoms with Gasteiger partial charge in [0, 0.05) is 15.7 Å². The summed E-state index contributed by atoms with van der Waals surface area (Å²) in [5.74, 6) is 0. The zero-order chi connectivity index (χ0) is 11.1. The molecule has 0 heterocycles. The van der Waals surface area contributed by atoms with E-state index in [9.17, 15) is 0 Å². The molecule has 15 heavy (non-hydrogen) atoms. The summed E-state index contributed by atoms with van der Waals surface area (Å²) in [4.78, 5) is 0. The topological polar surface area (TPSA) is 12.0 Å². The van der Waals surface area contributed by atoms with E-state index in [1.165, 1.54) is 15.6 Å². The molecule has 1 nitrogen and oxygen atoms in total. The second kappa shape index (κ2) is 4.06. The molecule has 0 bridgehead atoms. The Balaban J connectivity index is 1.97. The first-order chi connectivity index (χ1) is 6.99. The number of hydrogen-bond donors (Lipinski definition) is 1. The maximum Gasteiger partial charge on any atom is 0.0294 e. The molecule has 82 valence electrons. The Bertz CT molecular complexity index is 342. The van der Waals surface area contributed by atoms with Gasteiger partial charge in [-0.15, -0.1) is 0 Å². The molecule has 1 fully saturated rings. The van der Waals surface area contributed by atoms with E-state index in [-0.39, 0.29) is 0 Å². The van der Waals surface area contributed by atoms with Gasteiger partial charge < -0.3 is 5.32 Å². The number of nitrogens with one attached hydrogen (secondary N) is 1. The highest BCUT2D eigenvalue weighted by molar-refractivity contribution is 14.1. The van der Waals surface area contributed by atoms with Crippen molar-refractivity contribution in [2.24, 2.45) is 5.41 Å². The Morgan fingerprint density at radius 3 is 2.33 bits per heavy atom. The van der Waals surface area contributed by atoms with Gasteiger partial charge in [-0.05, 0) is 59.0 Å². The monoisotopic (exact) mass is 315 g/mol. The summed E-state index contributed by atoms with van der Waals surface area (Å²) in [6.07, 6.45) is 1.31. The predicted octanol–water partition coefficient (Wildman–Crippen LogP) is 3.74. The van der Waals surface area contributed by atoms with Crippen LogP contribution in [0.4, 0.5) is 0 Å². The number of rotatable bonds is 3. The molecule has 0 amide bonds. The van der Waals surface area contributed by atoms with Crippen LogP contribution < -0.4 is 5.32 Å². The third kappa shape index (κ3) is 2.72. The van der Waals surface area contributed by atoms with E-state index in [0.29, 0.717) is 17.5 Å². The van der Waals surface area contributed by atoms with Crippen LogP contribution in [-0.4, -0.2) is 6.04 Å². The van der Waals surface area contributed by atoms with Crippen LogP contribution in [0.1, 0.15) is 38.8 Å². The van der Waals surface area contributed by atoms with Gasteiger partial charge in [0.05, 0.1) is 0 Å². The molecule has 2 unspecified atom stereocenters. The molecule has 1 aromatic carbocycles. The molecule has 1 aliphatic carbocycles. The van der Waals surface area contributed by atoms with Gasteiger partial charge in [0.2, 0.25) is 0 Å². The van der Waals surface area contributed by atoms with Crippen molar-refractivity contribution in [2.45, 2.75) is 39.3 Å². The molecule has 0 spiro atoms. The lowest BCUT2D eigenvalue weighted by molar-refractivity contribution is 0.492. The van der Waals surface area contributed by atoms with E-state index >= 15 is 0 Å². The van der Waals surface area contributed by atoms with Gasteiger partial charge in [0.25, 0.3) is 0 Å². The molecule has 2 heteroatoms. The van der Waals surface area contributed by atoms with E-state index in [2.05, 4.69) is 72.9 Å². The van der Waals surface area contributed by atoms with Crippen molar-refractivity contribution in [2.75, 3.05) is 0 Å². The van der Waals surface area contributed by atoms with Crippen LogP contribution in [0.5, 0.6) is 0 Å². The molecule has 1 aliphatic rings. The minimum absolute atomic E-state index is 0.466. The lowest BCUT2D eigenvalue weighted by Gasteiger charge is -2.15. The second-order valence-corrected chi connectivity index (χ2v) is 6.43. The number of benzene rings is 1. The largest absolute Gasteiger partial charge is 0.307 e. The Kier molecular flexibility index (Phi) is 3.08. The van der Waals surface area contributed by atoms with Crippen molar-refractivity contribution >= 4 is 22.6 Å². The minimum Gasteiger partial charge on any atom is -0.307 e. The molecule has 1 N–H and O–H groups in total. The summed E-state index contributed by atoms with van der Waals surface area (Å²) in [7, 11) is 0. The minimum atomic E-state index is 0.466. The first kappa shape index (κ1) is 11.4. The Hall–Kier alpha value is -0.0900. The molecule has 0 radical (unpaired) electrons. The van der Waals surface area contributed by atoms with Gasteiger partial charge in [0.15, 0.2) is 0 Å². The molecule has 1 aromatic rings. The molecule has 0 aromatic heterocycles. The third-order valence-corrected chi connectivity index (χ3v) is 4.05. The van der Waals surface area contributed by atoms with Crippen LogP contribution >= 0.6 is 22.6 Å². The van der Waals surface area contributed by atoms with Gasteiger partial charge in [-0.1, -0.05) is 26.0 Å². The summed E-state index contributed by atoms with van der Waals surface area (Å²) < 4.78 is 1.30. The Morgan fingerprint density at radius 2 is 1.87 bits per heavy atom. The van der Waals surface area contributed by atoms with Crippen molar-refractivity contribution in [3.05, 3.63) is 33.4 Å². The first-order valence-corrected chi connectivity index (χ1v) is 6.58. The zero-order valence-electron chi connectivity index (χ0n) is 9.55. The smallest absolute Gasteiger partial charge is 0.0294 e. The summed E-state index contributed by atoms with van der Waals surface area (Å²) in [6, 6.07) is 9.95. The summed E-state index contributed by atoms with van der Waals surface area (Å²) in [5.41, 5.74) is 1.90. The van der Waals surface area contributed by atoms with Gasteiger partial charge >= 0.3 is 0 Å². The van der Waals surface area contributed by atoms with E-state index in [0.717, 1.165) is 0 Å². The van der Waals surface area contributed by atoms with E-state index < -0.39 is 0 Å². The third-order valence-electron chi connectivity index (χ3n) is 3.33. The van der Waals surface area contributed by atoms with Gasteiger partial charge in [-0.25, -0.2) is 0 Å². The predicted molar refractivity (Wildman–Crippen MR) is 72.9 cm³/mol. The Labute approximate surface area is 106 Å². The summed E-state index contributed by atoms with van der Waals surface area (Å²) in [6.45, 7) is 6.90. The van der Waals surface area contributed by atoms with Crippen molar-refractivity contribution in [3.63, 3.8) is 0 Å². The van der Waals surface area contributed by atoms with Crippen molar-refractivity contribution in [1.29, 1.82) is 0 Å². The van der Waals surface area contributed by atoms with E-state index in [1.807, 2.05) is 0 Å². The van der Waals surface area contributed by atoms with Crippen molar-refractivity contribution in [3.8, 4) is 0 Å². The van der Waals surface area contributed by atoms with Crippen LogP contribution in [0.15, 0.2) is 24.3 Å². The molecule has 2 atom stereocenters. The highest BCUT2D eigenvalue weighted by atomic mass is 127. The highest BCUT2D eigenvalue weighted by Gasteiger charge is 2.45. The fourth-order valence-electron chi connectivity index (χ4n) is 1.90. The quantitative estimate of drug-likeness (QED) is 0.838. The molecular formula is C13H18IN. The van der Waals surface area contributed by atoms with Gasteiger partial charge in [0.1, 0.15) is 0 Å². The fourth-order valence-corrected chi connectivity index (χ4v) is 2.26. The summed E-state index contributed by atoms with van der Waals surface area (Å²) >= 11 is 2.34. The zero-order valence-corrected chi connectivity index (χ0v) is 11.7. The lowest BCUT2D eigenvalue weighted by atomic mass is 10.1. The fraction of sp³-hybridized carbons (Fsp3) is 0.538. The highest BCUT2D eigenvalue weighted by Crippen LogP contribution is 2.45. The second-order valence-electron chi connectivity index (χ2n) is 5.19. The molecule has 1 saturated carbocycles. The van der Waals surface area contributed by atoms with Gasteiger partial charge in [-0.3, -0.25) is 0 Å². The van der Waals surface area contributed by atoms with Crippen LogP contribution in [0.25, 0.3) is 0 Å². The van der Waals surface area contributed by atoms with E-state index in [1.54, 1.807) is 0 Å². The standard InChI is InChI=1S/C13H18IN/c1-9(15-12-8-13(12,2)3)10-4-6-11(14)7-5-10/h4-7,9,12,15H,8H2,1-3H3. The maximum atomic E-state index is 3.68. The van der Waals surface area contributed by atoms with Crippen molar-refractivity contribution in [1.82, 2.24) is 5.32 Å². The molecule has 0 saturated heterocycles. The van der Waals surface area contributed by atoms with Gasteiger partial charge in [-0.2, -0.15) is 0 Å². The normalized spacial score (nSPS) is 24.9. The average molecular weight is 315 g/mol. The maximum absolute atomic E-state index is 3.68. The van der Waals surface area contributed by atoms with Crippen LogP contribution in [0, 0.1) is 8.99 Å². The molecule has 2 rings (SSSR count). The van der Waals surface area contributed by atoms with Crippen LogP contribution in [0.2, 0.25) is 0 Å². The van der Waals surface area contributed by atoms with Crippen molar-refractivity contribution < 1.29 is 0 Å². The number of hydrogen-bond acceptors (Lipinski definition) is 1. The molecular weight excluding hydrogens is 297 g/mol. The first-order valence-electron chi connectivity index (χ1n) is 5.50. The summed E-state index contributed by atoms with van der Waals surface area (Å²) in [5, 5.41) is 3.68. The van der Waals surface area contributed by atoms with E-state index in [4.69, 9.17) is 0 Å². The van der Waals surface area contributed by atoms with Crippen LogP contribution in [0.3, 0.4) is 0 Å².